The van der Waals surface area contributed by atoms with Crippen molar-refractivity contribution in [3.05, 3.63) is 82.4 Å². The standard InChI is InChI=1S/C25H30N4S/c1-15(2)28-24(23(27-25(28)30)21-11-7-8-13-26-21)20-14-17(4)29(19(20)6)22-12-9-10-16(3)18(22)5/h7-15,23-24H,1-6H3,(H,27,30). The van der Waals surface area contributed by atoms with Crippen LogP contribution in [0.25, 0.3) is 5.69 Å². The maximum Gasteiger partial charge on any atom is 0.170 e. The quantitative estimate of drug-likeness (QED) is 0.568. The molecule has 2 atom stereocenters. The number of aryl methyl sites for hydroxylation is 2. The Labute approximate surface area is 184 Å². The summed E-state index contributed by atoms with van der Waals surface area (Å²) in [4.78, 5) is 6.98. The molecule has 1 fully saturated rings. The molecule has 30 heavy (non-hydrogen) atoms. The zero-order valence-corrected chi connectivity index (χ0v) is 19.4. The van der Waals surface area contributed by atoms with Gasteiger partial charge in [0.15, 0.2) is 5.11 Å². The minimum absolute atomic E-state index is 0.0219. The molecule has 3 heterocycles. The highest BCUT2D eigenvalue weighted by Gasteiger charge is 2.42. The Hall–Kier alpha value is -2.66. The summed E-state index contributed by atoms with van der Waals surface area (Å²) >= 11 is 5.77. The molecule has 156 valence electrons. The number of hydrogen-bond acceptors (Lipinski definition) is 2. The van der Waals surface area contributed by atoms with Crippen LogP contribution in [0, 0.1) is 27.7 Å². The largest absolute Gasteiger partial charge is 0.352 e. The van der Waals surface area contributed by atoms with Crippen molar-refractivity contribution in [1.29, 1.82) is 0 Å². The number of rotatable bonds is 4. The predicted octanol–water partition coefficient (Wildman–Crippen LogP) is 5.49. The van der Waals surface area contributed by atoms with Crippen molar-refractivity contribution in [2.24, 2.45) is 0 Å². The monoisotopic (exact) mass is 418 g/mol. The number of benzene rings is 1. The topological polar surface area (TPSA) is 33.1 Å². The van der Waals surface area contributed by atoms with E-state index in [1.807, 2.05) is 18.3 Å². The van der Waals surface area contributed by atoms with E-state index >= 15 is 0 Å². The minimum atomic E-state index is 0.0219. The summed E-state index contributed by atoms with van der Waals surface area (Å²) in [5.41, 5.74) is 8.67. The van der Waals surface area contributed by atoms with Crippen LogP contribution in [0.4, 0.5) is 0 Å². The van der Waals surface area contributed by atoms with Gasteiger partial charge in [-0.2, -0.15) is 0 Å². The number of nitrogens with zero attached hydrogens (tertiary/aromatic N) is 3. The molecular weight excluding hydrogens is 388 g/mol. The Bertz CT molecular complexity index is 1080. The zero-order chi connectivity index (χ0) is 21.6. The Morgan fingerprint density at radius 3 is 2.47 bits per heavy atom. The molecule has 4 nitrogen and oxygen atoms in total. The van der Waals surface area contributed by atoms with Crippen LogP contribution in [-0.2, 0) is 0 Å². The zero-order valence-electron chi connectivity index (χ0n) is 18.6. The number of pyridine rings is 1. The van der Waals surface area contributed by atoms with Crippen LogP contribution in [0.5, 0.6) is 0 Å². The first-order valence-corrected chi connectivity index (χ1v) is 11.0. The lowest BCUT2D eigenvalue weighted by Gasteiger charge is -2.31. The molecule has 5 heteroatoms. The average molecular weight is 419 g/mol. The van der Waals surface area contributed by atoms with E-state index in [0.717, 1.165) is 10.8 Å². The summed E-state index contributed by atoms with van der Waals surface area (Å²) in [6, 6.07) is 15.3. The van der Waals surface area contributed by atoms with E-state index in [4.69, 9.17) is 12.2 Å². The van der Waals surface area contributed by atoms with Crippen molar-refractivity contribution in [2.75, 3.05) is 0 Å². The van der Waals surface area contributed by atoms with E-state index in [1.165, 1.54) is 33.8 Å². The van der Waals surface area contributed by atoms with Gasteiger partial charge < -0.3 is 14.8 Å². The Morgan fingerprint density at radius 1 is 1.03 bits per heavy atom. The van der Waals surface area contributed by atoms with Gasteiger partial charge in [-0.1, -0.05) is 18.2 Å². The summed E-state index contributed by atoms with van der Waals surface area (Å²) in [5, 5.41) is 4.35. The van der Waals surface area contributed by atoms with Crippen LogP contribution < -0.4 is 5.32 Å². The van der Waals surface area contributed by atoms with Crippen LogP contribution in [0.2, 0.25) is 0 Å². The van der Waals surface area contributed by atoms with Crippen LogP contribution in [0.1, 0.15) is 59.7 Å². The SMILES string of the molecule is Cc1cccc(-n2c(C)cc(C3C(c4ccccn4)NC(=S)N3C(C)C)c2C)c1C. The fourth-order valence-electron chi connectivity index (χ4n) is 4.69. The number of nitrogens with one attached hydrogen (secondary N) is 1. The van der Waals surface area contributed by atoms with Gasteiger partial charge in [-0.15, -0.1) is 0 Å². The van der Waals surface area contributed by atoms with Crippen molar-refractivity contribution in [2.45, 2.75) is 59.7 Å². The highest BCUT2D eigenvalue weighted by atomic mass is 32.1. The van der Waals surface area contributed by atoms with Gasteiger partial charge in [-0.3, -0.25) is 4.98 Å². The Morgan fingerprint density at radius 2 is 1.80 bits per heavy atom. The van der Waals surface area contributed by atoms with E-state index in [-0.39, 0.29) is 18.1 Å². The molecule has 0 amide bonds. The lowest BCUT2D eigenvalue weighted by atomic mass is 9.96. The highest BCUT2D eigenvalue weighted by Crippen LogP contribution is 2.42. The van der Waals surface area contributed by atoms with Crippen LogP contribution >= 0.6 is 12.2 Å². The van der Waals surface area contributed by atoms with Gasteiger partial charge in [0.2, 0.25) is 0 Å². The second-order valence-electron chi connectivity index (χ2n) is 8.51. The maximum absolute atomic E-state index is 5.77. The van der Waals surface area contributed by atoms with Gasteiger partial charge in [-0.05, 0) is 94.7 Å². The molecule has 1 aliphatic rings. The second-order valence-corrected chi connectivity index (χ2v) is 8.90. The number of hydrogen-bond donors (Lipinski definition) is 1. The second kappa shape index (κ2) is 7.88. The molecule has 0 bridgehead atoms. The highest BCUT2D eigenvalue weighted by molar-refractivity contribution is 7.80. The summed E-state index contributed by atoms with van der Waals surface area (Å²) in [7, 11) is 0. The molecule has 4 rings (SSSR count). The number of aromatic nitrogens is 2. The third kappa shape index (κ3) is 3.31. The molecular formula is C25H30N4S. The fraction of sp³-hybridized carbons (Fsp3) is 0.360. The molecule has 0 radical (unpaired) electrons. The van der Waals surface area contributed by atoms with Crippen LogP contribution in [0.3, 0.4) is 0 Å². The van der Waals surface area contributed by atoms with Crippen molar-refractivity contribution >= 4 is 17.3 Å². The Kier molecular flexibility index (Phi) is 5.41. The smallest absolute Gasteiger partial charge is 0.170 e. The molecule has 1 N–H and O–H groups in total. The molecule has 0 saturated carbocycles. The first-order chi connectivity index (χ1) is 14.3. The van der Waals surface area contributed by atoms with Crippen LogP contribution in [-0.4, -0.2) is 25.6 Å². The predicted molar refractivity (Wildman–Crippen MR) is 127 cm³/mol. The molecule has 0 spiro atoms. The lowest BCUT2D eigenvalue weighted by molar-refractivity contribution is 0.269. The molecule has 1 saturated heterocycles. The number of thiocarbonyl (C=S) groups is 1. The van der Waals surface area contributed by atoms with E-state index in [0.29, 0.717) is 0 Å². The van der Waals surface area contributed by atoms with Gasteiger partial charge in [0, 0.05) is 29.3 Å². The van der Waals surface area contributed by atoms with E-state index in [2.05, 4.69) is 91.6 Å². The molecule has 0 aliphatic carbocycles. The van der Waals surface area contributed by atoms with E-state index in [1.54, 1.807) is 0 Å². The molecule has 1 aliphatic heterocycles. The first kappa shape index (κ1) is 20.6. The first-order valence-electron chi connectivity index (χ1n) is 10.6. The third-order valence-electron chi connectivity index (χ3n) is 6.30. The third-order valence-corrected chi connectivity index (χ3v) is 6.63. The van der Waals surface area contributed by atoms with Crippen molar-refractivity contribution in [1.82, 2.24) is 19.8 Å². The molecule has 1 aromatic carbocycles. The van der Waals surface area contributed by atoms with Crippen molar-refractivity contribution < 1.29 is 0 Å². The minimum Gasteiger partial charge on any atom is -0.352 e. The summed E-state index contributed by atoms with van der Waals surface area (Å²) < 4.78 is 2.38. The lowest BCUT2D eigenvalue weighted by Crippen LogP contribution is -2.35. The summed E-state index contributed by atoms with van der Waals surface area (Å²) in [5.74, 6) is 0. The molecule has 3 aromatic rings. The summed E-state index contributed by atoms with van der Waals surface area (Å²) in [6.07, 6.45) is 1.86. The summed E-state index contributed by atoms with van der Waals surface area (Å²) in [6.45, 7) is 13.2. The maximum atomic E-state index is 5.77. The molecule has 2 aromatic heterocycles. The van der Waals surface area contributed by atoms with Gasteiger partial charge in [0.1, 0.15) is 0 Å². The van der Waals surface area contributed by atoms with Crippen molar-refractivity contribution in [3.8, 4) is 5.69 Å². The Balaban J connectivity index is 1.88. The van der Waals surface area contributed by atoms with Gasteiger partial charge >= 0.3 is 0 Å². The van der Waals surface area contributed by atoms with Crippen molar-refractivity contribution in [3.63, 3.8) is 0 Å². The van der Waals surface area contributed by atoms with Gasteiger partial charge in [0.25, 0.3) is 0 Å². The average Bonchev–Trinajstić information content (AvgIpc) is 3.21. The molecule has 2 unspecified atom stereocenters. The normalized spacial score (nSPS) is 18.9. The van der Waals surface area contributed by atoms with Gasteiger partial charge in [-0.25, -0.2) is 0 Å². The van der Waals surface area contributed by atoms with E-state index < -0.39 is 0 Å². The van der Waals surface area contributed by atoms with Crippen LogP contribution in [0.15, 0.2) is 48.7 Å². The van der Waals surface area contributed by atoms with E-state index in [9.17, 15) is 0 Å². The van der Waals surface area contributed by atoms with Gasteiger partial charge in [0.05, 0.1) is 17.8 Å². The fourth-order valence-corrected chi connectivity index (χ4v) is 5.14.